The largest absolute Gasteiger partial charge is 0.303 e. The van der Waals surface area contributed by atoms with Crippen molar-refractivity contribution < 1.29 is 0 Å². The van der Waals surface area contributed by atoms with E-state index in [1.54, 1.807) is 44.1 Å². The lowest BCUT2D eigenvalue weighted by Gasteiger charge is -2.57. The molecule has 0 spiro atoms. The lowest BCUT2D eigenvalue weighted by atomic mass is 9.49. The zero-order chi connectivity index (χ0) is 16.9. The highest BCUT2D eigenvalue weighted by atomic mass is 15.1. The van der Waals surface area contributed by atoms with E-state index < -0.39 is 0 Å². The van der Waals surface area contributed by atoms with E-state index in [2.05, 4.69) is 42.2 Å². The Kier molecular flexibility index (Phi) is 4.00. The molecule has 0 amide bonds. The summed E-state index contributed by atoms with van der Waals surface area (Å²) in [6, 6.07) is 11.2. The molecule has 25 heavy (non-hydrogen) atoms. The Morgan fingerprint density at radius 3 is 2.00 bits per heavy atom. The third kappa shape index (κ3) is 3.07. The van der Waals surface area contributed by atoms with Crippen LogP contribution in [0.15, 0.2) is 30.3 Å². The molecule has 136 valence electrons. The molecule has 1 aromatic carbocycles. The minimum absolute atomic E-state index is 0.401. The maximum atomic E-state index is 2.79. The van der Waals surface area contributed by atoms with Gasteiger partial charge in [0, 0.05) is 0 Å². The van der Waals surface area contributed by atoms with Gasteiger partial charge in [-0.3, -0.25) is 0 Å². The number of rotatable bonds is 4. The second-order valence-electron chi connectivity index (χ2n) is 10.4. The summed E-state index contributed by atoms with van der Waals surface area (Å²) >= 11 is 0. The first-order chi connectivity index (χ1) is 12.1. The zero-order valence-electron chi connectivity index (χ0n) is 16.1. The van der Waals surface area contributed by atoms with Crippen LogP contribution in [0.1, 0.15) is 70.3 Å². The van der Waals surface area contributed by atoms with Gasteiger partial charge in [0.25, 0.3) is 0 Å². The highest BCUT2D eigenvalue weighted by Gasteiger charge is 2.50. The van der Waals surface area contributed by atoms with Crippen molar-refractivity contribution >= 4 is 0 Å². The second kappa shape index (κ2) is 6.12. The molecule has 5 fully saturated rings. The van der Waals surface area contributed by atoms with Crippen LogP contribution in [0.4, 0.5) is 0 Å². The maximum absolute atomic E-state index is 2.79. The lowest BCUT2D eigenvalue weighted by Crippen LogP contribution is -2.48. The third-order valence-corrected chi connectivity index (χ3v) is 8.55. The van der Waals surface area contributed by atoms with E-state index in [1.807, 2.05) is 0 Å². The summed E-state index contributed by atoms with van der Waals surface area (Å²) in [6.07, 6.45) is 13.6. The SMILES string of the molecule is CC1(c2ccccc2)CCN(CCC23CC4CC(CC(C4)C2)C3)CC1. The third-order valence-electron chi connectivity index (χ3n) is 8.55. The molecule has 1 nitrogen and oxygen atoms in total. The van der Waals surface area contributed by atoms with Crippen LogP contribution in [0, 0.1) is 23.2 Å². The molecule has 0 atom stereocenters. The molecule has 5 aliphatic rings. The molecule has 4 aliphatic carbocycles. The molecule has 6 rings (SSSR count). The minimum atomic E-state index is 0.401. The summed E-state index contributed by atoms with van der Waals surface area (Å²) in [5.41, 5.74) is 2.71. The predicted molar refractivity (Wildman–Crippen MR) is 105 cm³/mol. The van der Waals surface area contributed by atoms with Crippen molar-refractivity contribution in [2.45, 2.75) is 70.1 Å². The van der Waals surface area contributed by atoms with Crippen LogP contribution in [0.25, 0.3) is 0 Å². The molecule has 1 aliphatic heterocycles. The predicted octanol–water partition coefficient (Wildman–Crippen LogP) is 5.65. The monoisotopic (exact) mass is 337 g/mol. The second-order valence-corrected chi connectivity index (χ2v) is 10.4. The molecular weight excluding hydrogens is 302 g/mol. The Morgan fingerprint density at radius 2 is 1.44 bits per heavy atom. The fraction of sp³-hybridized carbons (Fsp3) is 0.750. The van der Waals surface area contributed by atoms with Crippen LogP contribution in [0.3, 0.4) is 0 Å². The van der Waals surface area contributed by atoms with Gasteiger partial charge in [0.2, 0.25) is 0 Å². The first kappa shape index (κ1) is 16.4. The van der Waals surface area contributed by atoms with Gasteiger partial charge in [-0.1, -0.05) is 37.3 Å². The van der Waals surface area contributed by atoms with Crippen LogP contribution >= 0.6 is 0 Å². The summed E-state index contributed by atoms with van der Waals surface area (Å²) in [6.45, 7) is 6.46. The van der Waals surface area contributed by atoms with E-state index >= 15 is 0 Å². The van der Waals surface area contributed by atoms with Gasteiger partial charge in [-0.2, -0.15) is 0 Å². The number of nitrogens with zero attached hydrogens (tertiary/aromatic N) is 1. The molecule has 4 saturated carbocycles. The van der Waals surface area contributed by atoms with Gasteiger partial charge in [0.15, 0.2) is 0 Å². The highest BCUT2D eigenvalue weighted by molar-refractivity contribution is 5.25. The molecule has 0 unspecified atom stereocenters. The highest BCUT2D eigenvalue weighted by Crippen LogP contribution is 2.61. The molecule has 4 bridgehead atoms. The van der Waals surface area contributed by atoms with E-state index in [-0.39, 0.29) is 0 Å². The van der Waals surface area contributed by atoms with Crippen molar-refractivity contribution in [2.75, 3.05) is 19.6 Å². The van der Waals surface area contributed by atoms with Crippen LogP contribution in [0.2, 0.25) is 0 Å². The van der Waals surface area contributed by atoms with Crippen molar-refractivity contribution in [3.05, 3.63) is 35.9 Å². The summed E-state index contributed by atoms with van der Waals surface area (Å²) in [5.74, 6) is 3.32. The minimum Gasteiger partial charge on any atom is -0.303 e. The van der Waals surface area contributed by atoms with Gasteiger partial charge in [-0.15, -0.1) is 0 Å². The van der Waals surface area contributed by atoms with Crippen LogP contribution in [0.5, 0.6) is 0 Å². The summed E-state index contributed by atoms with van der Waals surface area (Å²) in [4.78, 5) is 2.79. The van der Waals surface area contributed by atoms with Crippen molar-refractivity contribution in [3.63, 3.8) is 0 Å². The Morgan fingerprint density at radius 1 is 0.880 bits per heavy atom. The molecular formula is C24H35N. The first-order valence-electron chi connectivity index (χ1n) is 10.9. The molecule has 0 N–H and O–H groups in total. The molecule has 1 heteroatoms. The normalized spacial score (nSPS) is 39.6. The lowest BCUT2D eigenvalue weighted by molar-refractivity contribution is -0.0620. The fourth-order valence-corrected chi connectivity index (χ4v) is 7.39. The van der Waals surface area contributed by atoms with E-state index in [4.69, 9.17) is 0 Å². The Balaban J connectivity index is 1.18. The Labute approximate surface area is 154 Å². The van der Waals surface area contributed by atoms with Gasteiger partial charge in [-0.25, -0.2) is 0 Å². The first-order valence-corrected chi connectivity index (χ1v) is 10.9. The summed E-state index contributed by atoms with van der Waals surface area (Å²) in [5, 5.41) is 0. The van der Waals surface area contributed by atoms with Gasteiger partial charge in [-0.05, 0) is 112 Å². The van der Waals surface area contributed by atoms with Crippen molar-refractivity contribution in [3.8, 4) is 0 Å². The van der Waals surface area contributed by atoms with Crippen LogP contribution < -0.4 is 0 Å². The molecule has 1 heterocycles. The van der Waals surface area contributed by atoms with E-state index in [0.717, 1.165) is 23.2 Å². The van der Waals surface area contributed by atoms with E-state index in [0.29, 0.717) is 5.41 Å². The van der Waals surface area contributed by atoms with Gasteiger partial charge in [0.1, 0.15) is 0 Å². The quantitative estimate of drug-likeness (QED) is 0.686. The van der Waals surface area contributed by atoms with E-state index in [1.165, 1.54) is 38.9 Å². The van der Waals surface area contributed by atoms with Gasteiger partial charge in [0.05, 0.1) is 0 Å². The number of benzene rings is 1. The topological polar surface area (TPSA) is 3.24 Å². The summed E-state index contributed by atoms with van der Waals surface area (Å²) < 4.78 is 0. The van der Waals surface area contributed by atoms with Gasteiger partial charge >= 0.3 is 0 Å². The van der Waals surface area contributed by atoms with Crippen LogP contribution in [-0.4, -0.2) is 24.5 Å². The van der Waals surface area contributed by atoms with Crippen molar-refractivity contribution in [1.82, 2.24) is 4.90 Å². The van der Waals surface area contributed by atoms with Crippen LogP contribution in [-0.2, 0) is 5.41 Å². The Bertz CT molecular complexity index is 560. The number of piperidine rings is 1. The molecule has 0 aromatic heterocycles. The standard InChI is InChI=1S/C24H35N/c1-23(22-5-3-2-4-6-22)7-10-25(11-8-23)12-9-24-16-19-13-20(17-24)15-21(14-19)18-24/h2-6,19-21H,7-18H2,1H3. The fourth-order valence-electron chi connectivity index (χ4n) is 7.39. The Hall–Kier alpha value is -0.820. The van der Waals surface area contributed by atoms with Gasteiger partial charge < -0.3 is 4.90 Å². The summed E-state index contributed by atoms with van der Waals surface area (Å²) in [7, 11) is 0. The molecule has 0 radical (unpaired) electrons. The smallest absolute Gasteiger partial charge is 0.00103 e. The molecule has 1 aromatic rings. The van der Waals surface area contributed by atoms with E-state index in [9.17, 15) is 0 Å². The number of likely N-dealkylation sites (tertiary alicyclic amines) is 1. The average molecular weight is 338 g/mol. The average Bonchev–Trinajstić information content (AvgIpc) is 2.61. The zero-order valence-corrected chi connectivity index (χ0v) is 16.1. The van der Waals surface area contributed by atoms with Crippen molar-refractivity contribution in [2.24, 2.45) is 23.2 Å². The maximum Gasteiger partial charge on any atom is -0.00103 e. The number of hydrogen-bond donors (Lipinski definition) is 0. The van der Waals surface area contributed by atoms with Crippen molar-refractivity contribution in [1.29, 1.82) is 0 Å². The molecule has 1 saturated heterocycles. The number of hydrogen-bond acceptors (Lipinski definition) is 1.